The van der Waals surface area contributed by atoms with E-state index in [0.29, 0.717) is 17.5 Å². The normalized spacial score (nSPS) is 11.1. The minimum absolute atomic E-state index is 0.120. The third-order valence-corrected chi connectivity index (χ3v) is 4.69. The van der Waals surface area contributed by atoms with E-state index in [9.17, 15) is 9.90 Å². The number of hydrogen-bond acceptors (Lipinski definition) is 5. The van der Waals surface area contributed by atoms with Crippen LogP contribution >= 0.6 is 0 Å². The average molecular weight is 400 g/mol. The van der Waals surface area contributed by atoms with E-state index in [1.807, 2.05) is 54.6 Å². The van der Waals surface area contributed by atoms with Gasteiger partial charge in [0.2, 0.25) is 5.88 Å². The molecule has 4 rings (SSSR count). The maximum atomic E-state index is 12.4. The quantitative estimate of drug-likeness (QED) is 0.376. The fourth-order valence-electron chi connectivity index (χ4n) is 3.05. The first-order valence-corrected chi connectivity index (χ1v) is 9.36. The fraction of sp³-hybridized carbons (Fsp3) is 0.0870. The number of amides is 1. The summed E-state index contributed by atoms with van der Waals surface area (Å²) in [7, 11) is 1.64. The van der Waals surface area contributed by atoms with E-state index in [-0.39, 0.29) is 11.6 Å². The number of anilines is 1. The summed E-state index contributed by atoms with van der Waals surface area (Å²) < 4.78 is 5.15. The highest BCUT2D eigenvalue weighted by atomic mass is 16.5. The highest BCUT2D eigenvalue weighted by Gasteiger charge is 2.11. The van der Waals surface area contributed by atoms with Crippen molar-refractivity contribution in [3.63, 3.8) is 0 Å². The van der Waals surface area contributed by atoms with E-state index in [4.69, 9.17) is 4.74 Å². The topological polar surface area (TPSA) is 99.1 Å². The number of hydrogen-bond donors (Lipinski definition) is 3. The predicted octanol–water partition coefficient (Wildman–Crippen LogP) is 5.42. The van der Waals surface area contributed by atoms with Gasteiger partial charge in [0, 0.05) is 23.2 Å². The number of H-pyrrole nitrogens is 1. The predicted molar refractivity (Wildman–Crippen MR) is 116 cm³/mol. The van der Waals surface area contributed by atoms with Crippen molar-refractivity contribution in [2.45, 2.75) is 6.54 Å². The summed E-state index contributed by atoms with van der Waals surface area (Å²) in [6.07, 6.45) is 0. The van der Waals surface area contributed by atoms with Crippen LogP contribution < -0.4 is 10.1 Å². The minimum Gasteiger partial charge on any atom is -0.497 e. The van der Waals surface area contributed by atoms with Gasteiger partial charge in [-0.1, -0.05) is 30.3 Å². The third-order valence-electron chi connectivity index (χ3n) is 4.69. The van der Waals surface area contributed by atoms with Crippen LogP contribution in [0.1, 0.15) is 15.9 Å². The number of ether oxygens (including phenoxy) is 1. The second-order valence-corrected chi connectivity index (χ2v) is 6.65. The molecule has 0 saturated carbocycles. The smallest absolute Gasteiger partial charge is 0.295 e. The number of aromatic nitrogens is 1. The number of carbonyl (C=O) groups is 1. The lowest BCUT2D eigenvalue weighted by molar-refractivity contribution is 0.0995. The molecule has 4 aromatic rings. The lowest BCUT2D eigenvalue weighted by Crippen LogP contribution is -2.00. The van der Waals surface area contributed by atoms with E-state index >= 15 is 0 Å². The van der Waals surface area contributed by atoms with E-state index in [1.54, 1.807) is 25.3 Å². The van der Waals surface area contributed by atoms with E-state index < -0.39 is 5.91 Å². The lowest BCUT2D eigenvalue weighted by Gasteiger charge is -2.07. The standard InChI is InChI=1S/C23H20N4O3/c1-30-18-12-6-15(7-13-18)14-24-17-10-8-16(9-11-17)22(28)27-26-21-19-4-2-3-5-20(19)25-23(21)29/h2-13,24-25,29H,14H2,1H3. The van der Waals surface area contributed by atoms with E-state index in [1.165, 1.54) is 0 Å². The molecule has 0 fully saturated rings. The number of aromatic hydroxyl groups is 1. The summed E-state index contributed by atoms with van der Waals surface area (Å²) in [6.45, 7) is 0.650. The van der Waals surface area contributed by atoms with Gasteiger partial charge in [0.1, 0.15) is 5.75 Å². The Bertz CT molecular complexity index is 1200. The van der Waals surface area contributed by atoms with Gasteiger partial charge in [-0.25, -0.2) is 0 Å². The number of benzene rings is 3. The summed E-state index contributed by atoms with van der Waals surface area (Å²) in [5.41, 5.74) is 3.38. The van der Waals surface area contributed by atoms with Crippen LogP contribution in [0.3, 0.4) is 0 Å². The Morgan fingerprint density at radius 2 is 1.77 bits per heavy atom. The number of nitrogens with zero attached hydrogens (tertiary/aromatic N) is 2. The van der Waals surface area contributed by atoms with Gasteiger partial charge in [-0.15, -0.1) is 10.2 Å². The second kappa shape index (κ2) is 8.48. The molecule has 0 aliphatic rings. The summed E-state index contributed by atoms with van der Waals surface area (Å²) in [6, 6.07) is 22.1. The highest BCUT2D eigenvalue weighted by Crippen LogP contribution is 2.35. The van der Waals surface area contributed by atoms with Crippen molar-refractivity contribution < 1.29 is 14.6 Å². The van der Waals surface area contributed by atoms with Crippen LogP contribution in [0.5, 0.6) is 11.6 Å². The first kappa shape index (κ1) is 19.2. The molecule has 7 nitrogen and oxygen atoms in total. The van der Waals surface area contributed by atoms with Crippen molar-refractivity contribution in [2.24, 2.45) is 10.2 Å². The van der Waals surface area contributed by atoms with Crippen molar-refractivity contribution in [1.29, 1.82) is 0 Å². The zero-order valence-corrected chi connectivity index (χ0v) is 16.3. The van der Waals surface area contributed by atoms with Gasteiger partial charge < -0.3 is 20.1 Å². The van der Waals surface area contributed by atoms with Gasteiger partial charge >= 0.3 is 0 Å². The maximum Gasteiger partial charge on any atom is 0.295 e. The monoisotopic (exact) mass is 400 g/mol. The number of fused-ring (bicyclic) bond motifs is 1. The van der Waals surface area contributed by atoms with Crippen LogP contribution in [-0.4, -0.2) is 23.1 Å². The van der Waals surface area contributed by atoms with Gasteiger partial charge in [0.25, 0.3) is 5.91 Å². The Morgan fingerprint density at radius 1 is 1.03 bits per heavy atom. The Labute approximate surface area is 173 Å². The summed E-state index contributed by atoms with van der Waals surface area (Å²) >= 11 is 0. The largest absolute Gasteiger partial charge is 0.497 e. The van der Waals surface area contributed by atoms with Crippen molar-refractivity contribution in [1.82, 2.24) is 4.98 Å². The molecule has 1 amide bonds. The number of para-hydroxylation sites is 1. The van der Waals surface area contributed by atoms with Gasteiger partial charge in [0.15, 0.2) is 5.69 Å². The molecular formula is C23H20N4O3. The molecule has 1 aromatic heterocycles. The average Bonchev–Trinajstić information content (AvgIpc) is 3.11. The van der Waals surface area contributed by atoms with Crippen LogP contribution in [-0.2, 0) is 6.54 Å². The molecule has 30 heavy (non-hydrogen) atoms. The molecule has 150 valence electrons. The highest BCUT2D eigenvalue weighted by molar-refractivity contribution is 5.97. The Kier molecular flexibility index (Phi) is 5.43. The number of nitrogens with one attached hydrogen (secondary N) is 2. The summed E-state index contributed by atoms with van der Waals surface area (Å²) in [5, 5.41) is 21.7. The molecule has 0 bridgehead atoms. The number of methoxy groups -OCH3 is 1. The van der Waals surface area contributed by atoms with E-state index in [0.717, 1.165) is 22.5 Å². The molecule has 0 atom stereocenters. The van der Waals surface area contributed by atoms with E-state index in [2.05, 4.69) is 20.5 Å². The number of carbonyl (C=O) groups excluding carboxylic acids is 1. The van der Waals surface area contributed by atoms with Crippen molar-refractivity contribution >= 4 is 28.2 Å². The van der Waals surface area contributed by atoms with Crippen LogP contribution in [0.15, 0.2) is 83.0 Å². The SMILES string of the molecule is COc1ccc(CNc2ccc(C(=O)N=Nc3c(O)[nH]c4ccccc34)cc2)cc1. The molecule has 0 aliphatic carbocycles. The molecule has 3 aromatic carbocycles. The molecule has 0 unspecified atom stereocenters. The molecule has 0 spiro atoms. The maximum absolute atomic E-state index is 12.4. The molecule has 7 heteroatoms. The molecule has 3 N–H and O–H groups in total. The van der Waals surface area contributed by atoms with Crippen LogP contribution in [0, 0.1) is 0 Å². The van der Waals surface area contributed by atoms with Gasteiger partial charge in [-0.3, -0.25) is 4.79 Å². The van der Waals surface area contributed by atoms with Crippen molar-refractivity contribution in [2.75, 3.05) is 12.4 Å². The Hall–Kier alpha value is -4.13. The van der Waals surface area contributed by atoms with Gasteiger partial charge in [-0.2, -0.15) is 0 Å². The Balaban J connectivity index is 1.41. The van der Waals surface area contributed by atoms with Gasteiger partial charge in [-0.05, 0) is 48.0 Å². The third kappa shape index (κ3) is 4.15. The molecule has 0 saturated heterocycles. The first-order chi connectivity index (χ1) is 14.6. The summed E-state index contributed by atoms with van der Waals surface area (Å²) in [4.78, 5) is 15.2. The summed E-state index contributed by atoms with van der Waals surface area (Å²) in [5.74, 6) is 0.212. The van der Waals surface area contributed by atoms with Crippen LogP contribution in [0.25, 0.3) is 10.9 Å². The number of azo groups is 1. The lowest BCUT2D eigenvalue weighted by atomic mass is 10.2. The number of rotatable bonds is 6. The van der Waals surface area contributed by atoms with Crippen LogP contribution in [0.4, 0.5) is 11.4 Å². The molecule has 1 heterocycles. The minimum atomic E-state index is -0.485. The molecular weight excluding hydrogens is 380 g/mol. The van der Waals surface area contributed by atoms with Gasteiger partial charge in [0.05, 0.1) is 12.6 Å². The zero-order valence-electron chi connectivity index (χ0n) is 16.3. The van der Waals surface area contributed by atoms with Crippen molar-refractivity contribution in [3.8, 4) is 11.6 Å². The molecule has 0 aliphatic heterocycles. The molecule has 0 radical (unpaired) electrons. The zero-order chi connectivity index (χ0) is 20.9. The fourth-order valence-corrected chi connectivity index (χ4v) is 3.05. The van der Waals surface area contributed by atoms with Crippen LogP contribution in [0.2, 0.25) is 0 Å². The Morgan fingerprint density at radius 3 is 2.50 bits per heavy atom. The first-order valence-electron chi connectivity index (χ1n) is 9.36. The number of aromatic amines is 1. The van der Waals surface area contributed by atoms with Crippen molar-refractivity contribution in [3.05, 3.63) is 83.9 Å². The second-order valence-electron chi connectivity index (χ2n) is 6.65.